The van der Waals surface area contributed by atoms with Crippen LogP contribution in [0.2, 0.25) is 0 Å². The van der Waals surface area contributed by atoms with Crippen LogP contribution >= 0.6 is 0 Å². The minimum Gasteiger partial charge on any atom is -0.384 e. The lowest BCUT2D eigenvalue weighted by Gasteiger charge is -2.07. The van der Waals surface area contributed by atoms with Gasteiger partial charge in [-0.2, -0.15) is 0 Å². The molecule has 1 aliphatic rings. The Hall–Kier alpha value is -1.41. The van der Waals surface area contributed by atoms with E-state index in [9.17, 15) is 8.42 Å². The Morgan fingerprint density at radius 3 is 2.71 bits per heavy atom. The van der Waals surface area contributed by atoms with Crippen molar-refractivity contribution in [3.05, 3.63) is 11.9 Å². The number of hydrogen-bond acceptors (Lipinski definition) is 6. The number of nitrogens with one attached hydrogen (secondary N) is 1. The molecule has 94 valence electrons. The second-order valence-electron chi connectivity index (χ2n) is 4.10. The summed E-state index contributed by atoms with van der Waals surface area (Å²) in [5.74, 6) is 1.92. The van der Waals surface area contributed by atoms with Gasteiger partial charge in [0.05, 0.1) is 5.75 Å². The molecule has 1 aromatic rings. The minimum absolute atomic E-state index is 0.143. The first-order valence-electron chi connectivity index (χ1n) is 5.33. The Bertz CT molecular complexity index is 512. The molecule has 0 aliphatic heterocycles. The molecule has 17 heavy (non-hydrogen) atoms. The number of anilines is 2. The van der Waals surface area contributed by atoms with Gasteiger partial charge < -0.3 is 11.1 Å². The van der Waals surface area contributed by atoms with Crippen molar-refractivity contribution in [3.8, 4) is 0 Å². The monoisotopic (exact) mass is 257 g/mol. The highest BCUT2D eigenvalue weighted by Gasteiger charge is 2.27. The molecular formula is C9H15N5O2S. The van der Waals surface area contributed by atoms with Crippen LogP contribution in [0.4, 0.5) is 11.6 Å². The van der Waals surface area contributed by atoms with Crippen molar-refractivity contribution in [1.82, 2.24) is 9.97 Å². The number of sulfonamides is 1. The second kappa shape index (κ2) is 4.46. The molecule has 0 radical (unpaired) electrons. The first kappa shape index (κ1) is 12.1. The van der Waals surface area contributed by atoms with Crippen molar-refractivity contribution in [2.75, 3.05) is 23.3 Å². The van der Waals surface area contributed by atoms with Gasteiger partial charge in [0.1, 0.15) is 17.5 Å². The molecule has 0 aromatic carbocycles. The quantitative estimate of drug-likeness (QED) is 0.661. The van der Waals surface area contributed by atoms with Gasteiger partial charge in [-0.3, -0.25) is 0 Å². The SMILES string of the molecule is Nc1cc(NCCS(N)(=O)=O)nc(C2CC2)n1. The Morgan fingerprint density at radius 1 is 1.41 bits per heavy atom. The number of aromatic nitrogens is 2. The summed E-state index contributed by atoms with van der Waals surface area (Å²) in [6, 6.07) is 1.58. The molecule has 0 atom stereocenters. The van der Waals surface area contributed by atoms with Gasteiger partial charge in [-0.15, -0.1) is 0 Å². The van der Waals surface area contributed by atoms with Crippen LogP contribution in [0.15, 0.2) is 6.07 Å². The Balaban J connectivity index is 2.00. The van der Waals surface area contributed by atoms with Crippen LogP contribution in [-0.2, 0) is 10.0 Å². The number of hydrogen-bond donors (Lipinski definition) is 3. The Kier molecular flexibility index (Phi) is 3.16. The number of nitrogens with two attached hydrogens (primary N) is 2. The van der Waals surface area contributed by atoms with E-state index in [1.165, 1.54) is 0 Å². The van der Waals surface area contributed by atoms with Crippen molar-refractivity contribution < 1.29 is 8.42 Å². The van der Waals surface area contributed by atoms with E-state index in [0.717, 1.165) is 18.7 Å². The molecule has 5 N–H and O–H groups in total. The van der Waals surface area contributed by atoms with Gasteiger partial charge in [0, 0.05) is 18.5 Å². The van der Waals surface area contributed by atoms with Crippen LogP contribution in [-0.4, -0.2) is 30.7 Å². The zero-order valence-corrected chi connectivity index (χ0v) is 10.1. The van der Waals surface area contributed by atoms with E-state index in [1.54, 1.807) is 6.07 Å². The van der Waals surface area contributed by atoms with E-state index in [0.29, 0.717) is 17.6 Å². The van der Waals surface area contributed by atoms with Crippen LogP contribution in [0, 0.1) is 0 Å². The molecule has 1 aromatic heterocycles. The van der Waals surface area contributed by atoms with Gasteiger partial charge in [0.2, 0.25) is 10.0 Å². The molecule has 0 bridgehead atoms. The molecule has 0 saturated heterocycles. The summed E-state index contributed by atoms with van der Waals surface area (Å²) < 4.78 is 21.5. The highest BCUT2D eigenvalue weighted by molar-refractivity contribution is 7.89. The van der Waals surface area contributed by atoms with Crippen molar-refractivity contribution in [3.63, 3.8) is 0 Å². The first-order chi connectivity index (χ1) is 7.94. The normalized spacial score (nSPS) is 15.8. The minimum atomic E-state index is -3.46. The first-order valence-corrected chi connectivity index (χ1v) is 7.04. The fourth-order valence-corrected chi connectivity index (χ4v) is 1.81. The molecule has 1 aliphatic carbocycles. The van der Waals surface area contributed by atoms with Gasteiger partial charge in [-0.1, -0.05) is 0 Å². The molecule has 0 spiro atoms. The smallest absolute Gasteiger partial charge is 0.210 e. The maximum Gasteiger partial charge on any atom is 0.210 e. The topological polar surface area (TPSA) is 124 Å². The van der Waals surface area contributed by atoms with Crippen LogP contribution in [0.25, 0.3) is 0 Å². The molecule has 0 unspecified atom stereocenters. The summed E-state index contributed by atoms with van der Waals surface area (Å²) in [5.41, 5.74) is 5.65. The summed E-state index contributed by atoms with van der Waals surface area (Å²) in [5, 5.41) is 7.77. The van der Waals surface area contributed by atoms with Gasteiger partial charge in [-0.05, 0) is 12.8 Å². The Labute approximate surface area is 99.7 Å². The molecule has 1 fully saturated rings. The average Bonchev–Trinajstić information content (AvgIpc) is 2.97. The van der Waals surface area contributed by atoms with E-state index in [-0.39, 0.29) is 12.3 Å². The molecule has 2 rings (SSSR count). The summed E-state index contributed by atoms with van der Waals surface area (Å²) in [7, 11) is -3.46. The fraction of sp³-hybridized carbons (Fsp3) is 0.556. The maximum absolute atomic E-state index is 10.8. The van der Waals surface area contributed by atoms with Crippen molar-refractivity contribution in [2.45, 2.75) is 18.8 Å². The molecular weight excluding hydrogens is 242 g/mol. The van der Waals surface area contributed by atoms with Gasteiger partial charge in [0.25, 0.3) is 0 Å². The largest absolute Gasteiger partial charge is 0.384 e. The standard InChI is InChI=1S/C9H15N5O2S/c10-7-5-8(12-3-4-17(11,15)16)14-9(13-7)6-1-2-6/h5-6H,1-4H2,(H2,11,15,16)(H3,10,12,13,14). The third kappa shape index (κ3) is 3.82. The van der Waals surface area contributed by atoms with Crippen LogP contribution in [0.5, 0.6) is 0 Å². The van der Waals surface area contributed by atoms with Crippen molar-refractivity contribution >= 4 is 21.7 Å². The van der Waals surface area contributed by atoms with Crippen LogP contribution in [0.3, 0.4) is 0 Å². The second-order valence-corrected chi connectivity index (χ2v) is 5.84. The van der Waals surface area contributed by atoms with E-state index in [1.807, 2.05) is 0 Å². The van der Waals surface area contributed by atoms with Gasteiger partial charge >= 0.3 is 0 Å². The zero-order valence-electron chi connectivity index (χ0n) is 9.26. The third-order valence-electron chi connectivity index (χ3n) is 2.40. The average molecular weight is 257 g/mol. The lowest BCUT2D eigenvalue weighted by molar-refractivity contribution is 0.598. The number of nitrogen functional groups attached to an aromatic ring is 1. The van der Waals surface area contributed by atoms with E-state index < -0.39 is 10.0 Å². The van der Waals surface area contributed by atoms with E-state index >= 15 is 0 Å². The summed E-state index contributed by atoms with van der Waals surface area (Å²) in [6.07, 6.45) is 2.17. The maximum atomic E-state index is 10.8. The third-order valence-corrected chi connectivity index (χ3v) is 3.17. The van der Waals surface area contributed by atoms with Gasteiger partial charge in [0.15, 0.2) is 0 Å². The zero-order chi connectivity index (χ0) is 12.5. The van der Waals surface area contributed by atoms with E-state index in [2.05, 4.69) is 15.3 Å². The van der Waals surface area contributed by atoms with Crippen molar-refractivity contribution in [2.24, 2.45) is 5.14 Å². The number of rotatable bonds is 5. The molecule has 1 heterocycles. The fourth-order valence-electron chi connectivity index (χ4n) is 1.42. The van der Waals surface area contributed by atoms with Crippen LogP contribution in [0.1, 0.15) is 24.6 Å². The highest BCUT2D eigenvalue weighted by Crippen LogP contribution is 2.38. The predicted octanol–water partition coefficient (Wildman–Crippen LogP) is -0.363. The summed E-state index contributed by atoms with van der Waals surface area (Å²) >= 11 is 0. The number of primary sulfonamides is 1. The van der Waals surface area contributed by atoms with Crippen LogP contribution < -0.4 is 16.2 Å². The lowest BCUT2D eigenvalue weighted by atomic mass is 10.4. The lowest BCUT2D eigenvalue weighted by Crippen LogP contribution is -2.22. The molecule has 8 heteroatoms. The molecule has 7 nitrogen and oxygen atoms in total. The predicted molar refractivity (Wildman–Crippen MR) is 64.9 cm³/mol. The summed E-state index contributed by atoms with van der Waals surface area (Å²) in [4.78, 5) is 8.41. The highest BCUT2D eigenvalue weighted by atomic mass is 32.2. The molecule has 0 amide bonds. The van der Waals surface area contributed by atoms with Crippen molar-refractivity contribution in [1.29, 1.82) is 0 Å². The van der Waals surface area contributed by atoms with E-state index in [4.69, 9.17) is 10.9 Å². The van der Waals surface area contributed by atoms with Gasteiger partial charge in [-0.25, -0.2) is 23.5 Å². The number of nitrogens with zero attached hydrogens (tertiary/aromatic N) is 2. The Morgan fingerprint density at radius 2 is 2.12 bits per heavy atom. The molecule has 1 saturated carbocycles. The summed E-state index contributed by atoms with van der Waals surface area (Å²) in [6.45, 7) is 0.208.